The molecule has 160 valence electrons. The minimum absolute atomic E-state index is 0.120. The summed E-state index contributed by atoms with van der Waals surface area (Å²) >= 11 is 0. The Bertz CT molecular complexity index is 1060. The first-order valence-electron chi connectivity index (χ1n) is 9.49. The molecule has 1 aromatic carbocycles. The van der Waals surface area contributed by atoms with Crippen LogP contribution in [0.5, 0.6) is 0 Å². The lowest BCUT2D eigenvalue weighted by molar-refractivity contribution is -0.129. The Morgan fingerprint density at radius 1 is 1.10 bits per heavy atom. The zero-order chi connectivity index (χ0) is 21.9. The molecule has 0 bridgehead atoms. The van der Waals surface area contributed by atoms with E-state index in [4.69, 9.17) is 4.42 Å². The molecule has 0 saturated carbocycles. The Kier molecular flexibility index (Phi) is 6.25. The molecule has 30 heavy (non-hydrogen) atoms. The van der Waals surface area contributed by atoms with Gasteiger partial charge in [-0.05, 0) is 37.1 Å². The maximum Gasteiger partial charge on any atom is 0.263 e. The molecular formula is C20H24N4O5S. The van der Waals surface area contributed by atoms with Gasteiger partial charge in [-0.2, -0.15) is 0 Å². The molecule has 0 saturated heterocycles. The standard InChI is InChI=1S/C20H24N4O5S/c1-12(2)17(23-18-15-8-4-5-9-16(15)30(27,28)24-18)20(26)22-13(3)19(25)21-11-14-7-6-10-29-14/h4-10,12-13,17H,11H2,1-3H3,(H,21,25)(H,22,26)(H,23,24)/t13?,17-/m0/s1. The number of amides is 2. The van der Waals surface area contributed by atoms with Crippen LogP contribution in [0.4, 0.5) is 0 Å². The van der Waals surface area contributed by atoms with Gasteiger partial charge in [0, 0.05) is 5.56 Å². The molecule has 2 heterocycles. The molecule has 1 unspecified atom stereocenters. The predicted octanol–water partition coefficient (Wildman–Crippen LogP) is 1.16. The van der Waals surface area contributed by atoms with E-state index < -0.39 is 28.0 Å². The summed E-state index contributed by atoms with van der Waals surface area (Å²) in [5.74, 6) is -0.355. The van der Waals surface area contributed by atoms with Crippen LogP contribution >= 0.6 is 0 Å². The number of aliphatic imine (C=N–C) groups is 1. The molecule has 10 heteroatoms. The third-order valence-electron chi connectivity index (χ3n) is 4.60. The van der Waals surface area contributed by atoms with Crippen molar-refractivity contribution in [2.24, 2.45) is 10.9 Å². The maximum atomic E-state index is 12.8. The molecule has 3 N–H and O–H groups in total. The van der Waals surface area contributed by atoms with E-state index >= 15 is 0 Å². The third kappa shape index (κ3) is 4.70. The summed E-state index contributed by atoms with van der Waals surface area (Å²) in [5, 5.41) is 5.32. The fourth-order valence-electron chi connectivity index (χ4n) is 2.98. The van der Waals surface area contributed by atoms with E-state index in [0.29, 0.717) is 11.3 Å². The van der Waals surface area contributed by atoms with Crippen molar-refractivity contribution < 1.29 is 22.4 Å². The van der Waals surface area contributed by atoms with Crippen LogP contribution in [0.2, 0.25) is 0 Å². The molecule has 9 nitrogen and oxygen atoms in total. The number of furan rings is 1. The highest BCUT2D eigenvalue weighted by Crippen LogP contribution is 2.23. The van der Waals surface area contributed by atoms with Crippen molar-refractivity contribution in [1.29, 1.82) is 0 Å². The van der Waals surface area contributed by atoms with Gasteiger partial charge in [-0.15, -0.1) is 0 Å². The lowest BCUT2D eigenvalue weighted by Crippen LogP contribution is -2.49. The molecular weight excluding hydrogens is 408 g/mol. The van der Waals surface area contributed by atoms with Crippen LogP contribution in [0.25, 0.3) is 0 Å². The highest BCUT2D eigenvalue weighted by molar-refractivity contribution is 7.90. The van der Waals surface area contributed by atoms with Gasteiger partial charge < -0.3 is 15.1 Å². The number of benzene rings is 1. The van der Waals surface area contributed by atoms with Crippen LogP contribution < -0.4 is 15.4 Å². The minimum atomic E-state index is -3.70. The number of carbonyl (C=O) groups is 2. The van der Waals surface area contributed by atoms with Gasteiger partial charge in [0.15, 0.2) is 0 Å². The van der Waals surface area contributed by atoms with Crippen molar-refractivity contribution in [3.63, 3.8) is 0 Å². The summed E-state index contributed by atoms with van der Waals surface area (Å²) in [4.78, 5) is 29.6. The van der Waals surface area contributed by atoms with Crippen molar-refractivity contribution in [3.05, 3.63) is 54.0 Å². The average Bonchev–Trinajstić information content (AvgIpc) is 3.30. The zero-order valence-corrected chi connectivity index (χ0v) is 17.7. The number of nitrogens with one attached hydrogen (secondary N) is 3. The van der Waals surface area contributed by atoms with Gasteiger partial charge in [-0.25, -0.2) is 8.42 Å². The summed E-state index contributed by atoms with van der Waals surface area (Å²) in [6, 6.07) is 8.20. The van der Waals surface area contributed by atoms with Crippen molar-refractivity contribution in [3.8, 4) is 0 Å². The van der Waals surface area contributed by atoms with Gasteiger partial charge in [0.2, 0.25) is 11.8 Å². The number of rotatable bonds is 7. The number of carbonyl (C=O) groups excluding carboxylic acids is 2. The van der Waals surface area contributed by atoms with Crippen molar-refractivity contribution in [1.82, 2.24) is 15.4 Å². The van der Waals surface area contributed by atoms with Crippen molar-refractivity contribution >= 4 is 27.7 Å². The van der Waals surface area contributed by atoms with Crippen LogP contribution in [0.15, 0.2) is 57.0 Å². The number of sulfonamides is 1. The van der Waals surface area contributed by atoms with Gasteiger partial charge in [0.1, 0.15) is 23.7 Å². The van der Waals surface area contributed by atoms with Gasteiger partial charge in [0.05, 0.1) is 17.7 Å². The molecule has 1 aromatic heterocycles. The fraction of sp³-hybridized carbons (Fsp3) is 0.350. The van der Waals surface area contributed by atoms with Gasteiger partial charge >= 0.3 is 0 Å². The molecule has 2 amide bonds. The molecule has 3 rings (SSSR count). The van der Waals surface area contributed by atoms with Gasteiger partial charge in [-0.3, -0.25) is 19.3 Å². The van der Waals surface area contributed by atoms with E-state index in [1.807, 2.05) is 0 Å². The Balaban J connectivity index is 1.71. The Morgan fingerprint density at radius 2 is 1.83 bits per heavy atom. The molecule has 2 aromatic rings. The van der Waals surface area contributed by atoms with E-state index in [9.17, 15) is 18.0 Å². The normalized spacial score (nSPS) is 17.8. The number of amidine groups is 1. The molecule has 0 fully saturated rings. The first-order chi connectivity index (χ1) is 14.2. The Hall–Kier alpha value is -3.14. The number of fused-ring (bicyclic) bond motifs is 1. The monoisotopic (exact) mass is 432 g/mol. The lowest BCUT2D eigenvalue weighted by atomic mass is 10.0. The number of nitrogens with zero attached hydrogens (tertiary/aromatic N) is 1. The molecule has 1 aliphatic rings. The lowest BCUT2D eigenvalue weighted by Gasteiger charge is -2.20. The van der Waals surface area contributed by atoms with E-state index in [1.165, 1.54) is 12.3 Å². The number of hydrogen-bond acceptors (Lipinski definition) is 6. The first-order valence-corrected chi connectivity index (χ1v) is 11.0. The van der Waals surface area contributed by atoms with Crippen LogP contribution in [0, 0.1) is 5.92 Å². The molecule has 2 atom stereocenters. The van der Waals surface area contributed by atoms with Crippen LogP contribution in [0.3, 0.4) is 0 Å². The fourth-order valence-corrected chi connectivity index (χ4v) is 4.22. The second-order valence-electron chi connectivity index (χ2n) is 7.30. The van der Waals surface area contributed by atoms with E-state index in [1.54, 1.807) is 51.1 Å². The van der Waals surface area contributed by atoms with Gasteiger partial charge in [0.25, 0.3) is 10.0 Å². The average molecular weight is 433 g/mol. The van der Waals surface area contributed by atoms with Crippen LogP contribution in [0.1, 0.15) is 32.1 Å². The van der Waals surface area contributed by atoms with Crippen LogP contribution in [-0.4, -0.2) is 38.2 Å². The Morgan fingerprint density at radius 3 is 2.50 bits per heavy atom. The highest BCUT2D eigenvalue weighted by Gasteiger charge is 2.33. The van der Waals surface area contributed by atoms with Crippen molar-refractivity contribution in [2.75, 3.05) is 0 Å². The molecule has 1 aliphatic heterocycles. The third-order valence-corrected chi connectivity index (χ3v) is 6.00. The second kappa shape index (κ2) is 8.70. The van der Waals surface area contributed by atoms with E-state index in [0.717, 1.165) is 0 Å². The number of hydrogen-bond donors (Lipinski definition) is 3. The topological polar surface area (TPSA) is 130 Å². The molecule has 0 aliphatic carbocycles. The zero-order valence-electron chi connectivity index (χ0n) is 16.9. The highest BCUT2D eigenvalue weighted by atomic mass is 32.2. The predicted molar refractivity (Wildman–Crippen MR) is 110 cm³/mol. The summed E-state index contributed by atoms with van der Waals surface area (Å²) in [6.45, 7) is 5.37. The maximum absolute atomic E-state index is 12.8. The largest absolute Gasteiger partial charge is 0.467 e. The van der Waals surface area contributed by atoms with Gasteiger partial charge in [-0.1, -0.05) is 26.0 Å². The quantitative estimate of drug-likeness (QED) is 0.605. The minimum Gasteiger partial charge on any atom is -0.467 e. The molecule has 0 spiro atoms. The smallest absolute Gasteiger partial charge is 0.263 e. The second-order valence-corrected chi connectivity index (χ2v) is 8.95. The first kappa shape index (κ1) is 21.6. The van der Waals surface area contributed by atoms with Crippen LogP contribution in [-0.2, 0) is 26.2 Å². The summed E-state index contributed by atoms with van der Waals surface area (Å²) < 4.78 is 32.1. The summed E-state index contributed by atoms with van der Waals surface area (Å²) in [7, 11) is -3.70. The van der Waals surface area contributed by atoms with Crippen molar-refractivity contribution in [2.45, 2.75) is 44.3 Å². The van der Waals surface area contributed by atoms with E-state index in [-0.39, 0.29) is 29.1 Å². The SMILES string of the molecule is CC(NC(=O)[C@@H](N=C1NS(=O)(=O)c2ccccc21)C(C)C)C(=O)NCc1ccco1. The molecule has 0 radical (unpaired) electrons. The van der Waals surface area contributed by atoms with E-state index in [2.05, 4.69) is 20.3 Å². The Labute approximate surface area is 175 Å². The summed E-state index contributed by atoms with van der Waals surface area (Å²) in [6.07, 6.45) is 1.51. The summed E-state index contributed by atoms with van der Waals surface area (Å²) in [5.41, 5.74) is 0.417.